The highest BCUT2D eigenvalue weighted by Crippen LogP contribution is 2.26. The summed E-state index contributed by atoms with van der Waals surface area (Å²) in [6, 6.07) is 8.10. The quantitative estimate of drug-likeness (QED) is 0.885. The van der Waals surface area contributed by atoms with Crippen molar-refractivity contribution >= 4 is 6.03 Å². The summed E-state index contributed by atoms with van der Waals surface area (Å²) in [5.74, 6) is 1.32. The molecule has 2 aliphatic rings. The Balaban J connectivity index is 1.49. The zero-order valence-corrected chi connectivity index (χ0v) is 11.5. The lowest BCUT2D eigenvalue weighted by Gasteiger charge is -2.29. The van der Waals surface area contributed by atoms with Gasteiger partial charge in [0.15, 0.2) is 0 Å². The van der Waals surface area contributed by atoms with Gasteiger partial charge in [-0.05, 0) is 18.1 Å². The molecule has 2 aliphatic heterocycles. The standard InChI is InChI=1S/C15H20N2O3/c18-15(17-5-7-19-8-6-17)16-10-12-9-13-3-1-2-4-14(13)20-11-12/h1-4,12H,5-11H2,(H,16,18). The van der Waals surface area contributed by atoms with Gasteiger partial charge in [-0.3, -0.25) is 0 Å². The molecule has 1 unspecified atom stereocenters. The van der Waals surface area contributed by atoms with Gasteiger partial charge in [0.2, 0.25) is 0 Å². The van der Waals surface area contributed by atoms with Crippen molar-refractivity contribution in [1.29, 1.82) is 0 Å². The van der Waals surface area contributed by atoms with E-state index in [2.05, 4.69) is 11.4 Å². The number of carbonyl (C=O) groups excluding carboxylic acids is 1. The van der Waals surface area contributed by atoms with Gasteiger partial charge in [0.05, 0.1) is 19.8 Å². The van der Waals surface area contributed by atoms with Gasteiger partial charge in [-0.25, -0.2) is 4.79 Å². The third-order valence-corrected chi connectivity index (χ3v) is 3.80. The molecule has 1 atom stereocenters. The van der Waals surface area contributed by atoms with E-state index in [9.17, 15) is 4.79 Å². The van der Waals surface area contributed by atoms with Crippen LogP contribution < -0.4 is 10.1 Å². The number of hydrogen-bond acceptors (Lipinski definition) is 3. The van der Waals surface area contributed by atoms with Crippen LogP contribution in [-0.2, 0) is 11.2 Å². The summed E-state index contributed by atoms with van der Waals surface area (Å²) in [6.45, 7) is 3.94. The minimum Gasteiger partial charge on any atom is -0.493 e. The van der Waals surface area contributed by atoms with E-state index in [4.69, 9.17) is 9.47 Å². The maximum atomic E-state index is 12.0. The largest absolute Gasteiger partial charge is 0.493 e. The molecule has 20 heavy (non-hydrogen) atoms. The Morgan fingerprint density at radius 2 is 2.10 bits per heavy atom. The maximum absolute atomic E-state index is 12.0. The summed E-state index contributed by atoms with van der Waals surface area (Å²) >= 11 is 0. The highest BCUT2D eigenvalue weighted by Gasteiger charge is 2.22. The van der Waals surface area contributed by atoms with Crippen molar-refractivity contribution in [3.63, 3.8) is 0 Å². The third-order valence-electron chi connectivity index (χ3n) is 3.80. The lowest BCUT2D eigenvalue weighted by atomic mass is 9.97. The Bertz CT molecular complexity index is 472. The van der Waals surface area contributed by atoms with Gasteiger partial charge in [-0.2, -0.15) is 0 Å². The molecule has 0 aliphatic carbocycles. The topological polar surface area (TPSA) is 50.8 Å². The molecule has 0 radical (unpaired) electrons. The first-order valence-electron chi connectivity index (χ1n) is 7.14. The third kappa shape index (κ3) is 3.04. The van der Waals surface area contributed by atoms with Crippen LogP contribution in [0.3, 0.4) is 0 Å². The van der Waals surface area contributed by atoms with Gasteiger partial charge in [-0.15, -0.1) is 0 Å². The zero-order chi connectivity index (χ0) is 13.8. The Kier molecular flexibility index (Phi) is 4.06. The summed E-state index contributed by atoms with van der Waals surface area (Å²) < 4.78 is 11.0. The second-order valence-corrected chi connectivity index (χ2v) is 5.27. The molecule has 2 amide bonds. The Labute approximate surface area is 118 Å². The molecule has 3 rings (SSSR count). The number of rotatable bonds is 2. The number of amides is 2. The molecule has 1 aromatic carbocycles. The molecule has 108 valence electrons. The number of fused-ring (bicyclic) bond motifs is 1. The number of ether oxygens (including phenoxy) is 2. The summed E-state index contributed by atoms with van der Waals surface area (Å²) in [5.41, 5.74) is 1.23. The van der Waals surface area contributed by atoms with Crippen LogP contribution in [0.15, 0.2) is 24.3 Å². The maximum Gasteiger partial charge on any atom is 0.317 e. The summed E-state index contributed by atoms with van der Waals surface area (Å²) in [6.07, 6.45) is 0.958. The lowest BCUT2D eigenvalue weighted by molar-refractivity contribution is 0.0527. The van der Waals surface area contributed by atoms with Gasteiger partial charge in [0, 0.05) is 25.6 Å². The van der Waals surface area contributed by atoms with Crippen molar-refractivity contribution in [2.75, 3.05) is 39.5 Å². The van der Waals surface area contributed by atoms with Crippen molar-refractivity contribution in [3.8, 4) is 5.75 Å². The fraction of sp³-hybridized carbons (Fsp3) is 0.533. The average molecular weight is 276 g/mol. The van der Waals surface area contributed by atoms with Crippen molar-refractivity contribution in [2.24, 2.45) is 5.92 Å². The van der Waals surface area contributed by atoms with E-state index in [1.54, 1.807) is 4.90 Å². The van der Waals surface area contributed by atoms with E-state index in [-0.39, 0.29) is 6.03 Å². The SMILES string of the molecule is O=C(NCC1COc2ccccc2C1)N1CCOCC1. The van der Waals surface area contributed by atoms with E-state index in [0.717, 1.165) is 12.2 Å². The fourth-order valence-electron chi connectivity index (χ4n) is 2.63. The molecule has 5 nitrogen and oxygen atoms in total. The molecule has 0 aromatic heterocycles. The molecule has 1 aromatic rings. The van der Waals surface area contributed by atoms with Gasteiger partial charge in [0.25, 0.3) is 0 Å². The van der Waals surface area contributed by atoms with Crippen molar-refractivity contribution in [2.45, 2.75) is 6.42 Å². The molecule has 2 heterocycles. The first-order chi connectivity index (χ1) is 9.83. The fourth-order valence-corrected chi connectivity index (χ4v) is 2.63. The van der Waals surface area contributed by atoms with Crippen LogP contribution in [0.4, 0.5) is 4.79 Å². The van der Waals surface area contributed by atoms with Crippen LogP contribution in [0.2, 0.25) is 0 Å². The van der Waals surface area contributed by atoms with Crippen LogP contribution in [-0.4, -0.2) is 50.4 Å². The monoisotopic (exact) mass is 276 g/mol. The smallest absolute Gasteiger partial charge is 0.317 e. The molecule has 0 saturated carbocycles. The second kappa shape index (κ2) is 6.13. The number of carbonyl (C=O) groups is 1. The minimum absolute atomic E-state index is 0.00663. The van der Waals surface area contributed by atoms with Crippen LogP contribution >= 0.6 is 0 Å². The normalized spacial score (nSPS) is 21.8. The zero-order valence-electron chi connectivity index (χ0n) is 11.5. The lowest BCUT2D eigenvalue weighted by Crippen LogP contribution is -2.48. The van der Waals surface area contributed by atoms with Gasteiger partial charge in [-0.1, -0.05) is 18.2 Å². The molecule has 1 N–H and O–H groups in total. The number of para-hydroxylation sites is 1. The number of urea groups is 1. The van der Waals surface area contributed by atoms with Crippen molar-refractivity contribution < 1.29 is 14.3 Å². The predicted molar refractivity (Wildman–Crippen MR) is 74.9 cm³/mol. The van der Waals surface area contributed by atoms with E-state index >= 15 is 0 Å². The van der Waals surface area contributed by atoms with Crippen molar-refractivity contribution in [1.82, 2.24) is 10.2 Å². The number of hydrogen-bond donors (Lipinski definition) is 1. The highest BCUT2D eigenvalue weighted by molar-refractivity contribution is 5.74. The number of morpholine rings is 1. The first kappa shape index (κ1) is 13.2. The van der Waals surface area contributed by atoms with E-state index in [1.165, 1.54) is 5.56 Å². The van der Waals surface area contributed by atoms with E-state index in [1.807, 2.05) is 18.2 Å². The average Bonchev–Trinajstić information content (AvgIpc) is 2.53. The molecule has 1 fully saturated rings. The summed E-state index contributed by atoms with van der Waals surface area (Å²) in [5, 5.41) is 3.00. The first-order valence-corrected chi connectivity index (χ1v) is 7.14. The number of nitrogens with zero attached hydrogens (tertiary/aromatic N) is 1. The minimum atomic E-state index is 0.00663. The molecule has 0 bridgehead atoms. The van der Waals surface area contributed by atoms with Crippen LogP contribution in [0, 0.1) is 5.92 Å². The van der Waals surface area contributed by atoms with Gasteiger partial charge in [0.1, 0.15) is 5.75 Å². The number of nitrogens with one attached hydrogen (secondary N) is 1. The summed E-state index contributed by atoms with van der Waals surface area (Å²) in [4.78, 5) is 13.8. The molecule has 0 spiro atoms. The van der Waals surface area contributed by atoms with Crippen molar-refractivity contribution in [3.05, 3.63) is 29.8 Å². The second-order valence-electron chi connectivity index (χ2n) is 5.27. The van der Waals surface area contributed by atoms with Gasteiger partial charge >= 0.3 is 6.03 Å². The molecular weight excluding hydrogens is 256 g/mol. The van der Waals surface area contributed by atoms with Gasteiger partial charge < -0.3 is 19.7 Å². The molecule has 1 saturated heterocycles. The Morgan fingerprint density at radius 3 is 2.95 bits per heavy atom. The number of benzene rings is 1. The van der Waals surface area contributed by atoms with Crippen LogP contribution in [0.1, 0.15) is 5.56 Å². The van der Waals surface area contributed by atoms with Crippen LogP contribution in [0.5, 0.6) is 5.75 Å². The summed E-state index contributed by atoms with van der Waals surface area (Å²) in [7, 11) is 0. The highest BCUT2D eigenvalue weighted by atomic mass is 16.5. The van der Waals surface area contributed by atoms with E-state index in [0.29, 0.717) is 45.4 Å². The molecule has 5 heteroatoms. The predicted octanol–water partition coefficient (Wildman–Crippen LogP) is 1.28. The molecular formula is C15H20N2O3. The van der Waals surface area contributed by atoms with Crippen LogP contribution in [0.25, 0.3) is 0 Å². The van der Waals surface area contributed by atoms with E-state index < -0.39 is 0 Å². The Morgan fingerprint density at radius 1 is 1.30 bits per heavy atom. The Hall–Kier alpha value is -1.75.